The third kappa shape index (κ3) is 5.07. The molecule has 0 aliphatic carbocycles. The van der Waals surface area contributed by atoms with Gasteiger partial charge < -0.3 is 15.0 Å². The average Bonchev–Trinajstić information content (AvgIpc) is 2.70. The van der Waals surface area contributed by atoms with Crippen molar-refractivity contribution in [3.8, 4) is 5.69 Å². The zero-order chi connectivity index (χ0) is 19.2. The van der Waals surface area contributed by atoms with E-state index in [9.17, 15) is 9.59 Å². The SMILES string of the molecule is O=C(NCCC[NH+]1CCOCC1)c1ccc(-n2ncc(Cl)c(Cl)c2=O)cc1. The largest absolute Gasteiger partial charge is 0.370 e. The van der Waals surface area contributed by atoms with Gasteiger partial charge in [0.25, 0.3) is 11.5 Å². The number of carbonyl (C=O) groups excluding carboxylic acids is 1. The lowest BCUT2D eigenvalue weighted by Gasteiger charge is -2.23. The van der Waals surface area contributed by atoms with Crippen LogP contribution in [0.4, 0.5) is 0 Å². The molecule has 3 rings (SSSR count). The normalized spacial score (nSPS) is 14.9. The Kier molecular flexibility index (Phi) is 6.84. The number of hydrogen-bond donors (Lipinski definition) is 2. The van der Waals surface area contributed by atoms with E-state index in [0.29, 0.717) is 17.8 Å². The monoisotopic (exact) mass is 411 g/mol. The summed E-state index contributed by atoms with van der Waals surface area (Å²) in [6, 6.07) is 6.58. The fourth-order valence-corrected chi connectivity index (χ4v) is 3.16. The molecule has 2 N–H and O–H groups in total. The van der Waals surface area contributed by atoms with Crippen LogP contribution in [-0.2, 0) is 4.74 Å². The number of morpholine rings is 1. The molecule has 0 atom stereocenters. The van der Waals surface area contributed by atoms with Gasteiger partial charge in [-0.1, -0.05) is 23.2 Å². The van der Waals surface area contributed by atoms with Crippen molar-refractivity contribution < 1.29 is 14.4 Å². The Labute approximate surface area is 166 Å². The first-order valence-corrected chi connectivity index (χ1v) is 9.55. The maximum absolute atomic E-state index is 12.2. The van der Waals surface area contributed by atoms with E-state index in [1.807, 2.05) is 0 Å². The van der Waals surface area contributed by atoms with Crippen LogP contribution in [0.15, 0.2) is 35.3 Å². The van der Waals surface area contributed by atoms with E-state index in [1.54, 1.807) is 24.3 Å². The molecular formula is C18H21Cl2N4O3+. The minimum absolute atomic E-state index is 0.0871. The second-order valence-electron chi connectivity index (χ2n) is 6.29. The summed E-state index contributed by atoms with van der Waals surface area (Å²) in [7, 11) is 0. The van der Waals surface area contributed by atoms with E-state index in [2.05, 4.69) is 10.4 Å². The third-order valence-corrected chi connectivity index (χ3v) is 5.19. The first-order valence-electron chi connectivity index (χ1n) is 8.79. The second-order valence-corrected chi connectivity index (χ2v) is 7.08. The zero-order valence-electron chi connectivity index (χ0n) is 14.7. The van der Waals surface area contributed by atoms with Crippen molar-refractivity contribution in [2.75, 3.05) is 39.4 Å². The van der Waals surface area contributed by atoms with Crippen LogP contribution in [0.3, 0.4) is 0 Å². The molecule has 27 heavy (non-hydrogen) atoms. The second kappa shape index (κ2) is 9.32. The Morgan fingerprint density at radius 1 is 1.22 bits per heavy atom. The lowest BCUT2D eigenvalue weighted by atomic mass is 10.2. The quantitative estimate of drug-likeness (QED) is 0.681. The molecular weight excluding hydrogens is 391 g/mol. The summed E-state index contributed by atoms with van der Waals surface area (Å²) < 4.78 is 6.47. The van der Waals surface area contributed by atoms with Gasteiger partial charge in [0.05, 0.1) is 36.7 Å². The van der Waals surface area contributed by atoms with Gasteiger partial charge in [0.15, 0.2) is 0 Å². The van der Waals surface area contributed by atoms with E-state index >= 15 is 0 Å². The van der Waals surface area contributed by atoms with Crippen molar-refractivity contribution in [2.24, 2.45) is 0 Å². The first-order chi connectivity index (χ1) is 13.1. The topological polar surface area (TPSA) is 77.7 Å². The van der Waals surface area contributed by atoms with Crippen molar-refractivity contribution in [3.05, 3.63) is 56.4 Å². The Morgan fingerprint density at radius 3 is 2.63 bits per heavy atom. The van der Waals surface area contributed by atoms with Crippen LogP contribution in [0.25, 0.3) is 5.69 Å². The number of amides is 1. The van der Waals surface area contributed by atoms with Crippen molar-refractivity contribution in [1.82, 2.24) is 15.1 Å². The lowest BCUT2D eigenvalue weighted by Crippen LogP contribution is -3.14. The van der Waals surface area contributed by atoms with Gasteiger partial charge in [-0.3, -0.25) is 9.59 Å². The molecule has 0 radical (unpaired) electrons. The number of hydrogen-bond acceptors (Lipinski definition) is 4. The fourth-order valence-electron chi connectivity index (χ4n) is 2.90. The number of carbonyl (C=O) groups is 1. The van der Waals surface area contributed by atoms with Gasteiger partial charge in [0, 0.05) is 18.5 Å². The molecule has 0 saturated carbocycles. The van der Waals surface area contributed by atoms with Crippen molar-refractivity contribution in [2.45, 2.75) is 6.42 Å². The van der Waals surface area contributed by atoms with Gasteiger partial charge >= 0.3 is 0 Å². The standard InChI is InChI=1S/C18H20Cl2N4O3/c19-15-12-22-24(18(26)16(15)20)14-4-2-13(3-5-14)17(25)21-6-1-7-23-8-10-27-11-9-23/h2-5,12H,1,6-11H2,(H,21,25)/p+1. The van der Waals surface area contributed by atoms with Crippen LogP contribution in [0.1, 0.15) is 16.8 Å². The van der Waals surface area contributed by atoms with Gasteiger partial charge in [0.2, 0.25) is 0 Å². The smallest absolute Gasteiger partial charge is 0.291 e. The molecule has 1 aliphatic rings. The van der Waals surface area contributed by atoms with Crippen LogP contribution in [0.5, 0.6) is 0 Å². The molecule has 0 unspecified atom stereocenters. The van der Waals surface area contributed by atoms with Gasteiger partial charge in [-0.2, -0.15) is 9.78 Å². The predicted molar refractivity (Wildman–Crippen MR) is 103 cm³/mol. The summed E-state index contributed by atoms with van der Waals surface area (Å²) in [5.41, 5.74) is 0.517. The number of aromatic nitrogens is 2. The molecule has 144 valence electrons. The maximum atomic E-state index is 12.2. The summed E-state index contributed by atoms with van der Waals surface area (Å²) in [6.07, 6.45) is 2.23. The van der Waals surface area contributed by atoms with Crippen LogP contribution < -0.4 is 15.8 Å². The molecule has 1 saturated heterocycles. The highest BCUT2D eigenvalue weighted by Crippen LogP contribution is 2.16. The molecule has 7 nitrogen and oxygen atoms in total. The molecule has 1 aromatic carbocycles. The Hall–Kier alpha value is -1.93. The number of rotatable bonds is 6. The predicted octanol–water partition coefficient (Wildman–Crippen LogP) is 0.574. The minimum atomic E-state index is -0.507. The number of halogens is 2. The van der Waals surface area contributed by atoms with Crippen LogP contribution in [-0.4, -0.2) is 55.1 Å². The molecule has 0 bridgehead atoms. The molecule has 1 fully saturated rings. The third-order valence-electron chi connectivity index (χ3n) is 4.44. The number of nitrogens with zero attached hydrogens (tertiary/aromatic N) is 2. The van der Waals surface area contributed by atoms with Crippen LogP contribution in [0, 0.1) is 0 Å². The van der Waals surface area contributed by atoms with Crippen molar-refractivity contribution >= 4 is 29.1 Å². The van der Waals surface area contributed by atoms with E-state index in [-0.39, 0.29) is 16.0 Å². The Balaban J connectivity index is 1.54. The Morgan fingerprint density at radius 2 is 1.93 bits per heavy atom. The molecule has 9 heteroatoms. The molecule has 1 amide bonds. The summed E-state index contributed by atoms with van der Waals surface area (Å²) >= 11 is 11.6. The molecule has 1 aliphatic heterocycles. The molecule has 2 heterocycles. The number of ether oxygens (including phenoxy) is 1. The molecule has 1 aromatic heterocycles. The maximum Gasteiger partial charge on any atom is 0.291 e. The van der Waals surface area contributed by atoms with E-state index in [0.717, 1.165) is 44.0 Å². The van der Waals surface area contributed by atoms with Crippen molar-refractivity contribution in [1.29, 1.82) is 0 Å². The van der Waals surface area contributed by atoms with Crippen LogP contribution >= 0.6 is 23.2 Å². The van der Waals surface area contributed by atoms with E-state index < -0.39 is 5.56 Å². The Bertz CT molecular complexity index is 849. The zero-order valence-corrected chi connectivity index (χ0v) is 16.2. The highest BCUT2D eigenvalue weighted by Gasteiger charge is 2.14. The fraction of sp³-hybridized carbons (Fsp3) is 0.389. The van der Waals surface area contributed by atoms with E-state index in [1.165, 1.54) is 11.1 Å². The van der Waals surface area contributed by atoms with Crippen LogP contribution in [0.2, 0.25) is 10.0 Å². The highest BCUT2D eigenvalue weighted by molar-refractivity contribution is 6.41. The van der Waals surface area contributed by atoms with Crippen molar-refractivity contribution in [3.63, 3.8) is 0 Å². The highest BCUT2D eigenvalue weighted by atomic mass is 35.5. The number of benzene rings is 1. The first kappa shape index (κ1) is 19.8. The summed E-state index contributed by atoms with van der Waals surface area (Å²) in [5, 5.41) is 6.90. The number of nitrogens with one attached hydrogen (secondary N) is 2. The lowest BCUT2D eigenvalue weighted by molar-refractivity contribution is -0.908. The number of quaternary nitrogens is 1. The summed E-state index contributed by atoms with van der Waals surface area (Å²) in [4.78, 5) is 25.9. The van der Waals surface area contributed by atoms with Gasteiger partial charge in [-0.15, -0.1) is 0 Å². The molecule has 0 spiro atoms. The van der Waals surface area contributed by atoms with E-state index in [4.69, 9.17) is 27.9 Å². The van der Waals surface area contributed by atoms with Gasteiger partial charge in [-0.25, -0.2) is 0 Å². The summed E-state index contributed by atoms with van der Waals surface area (Å²) in [5.74, 6) is -0.145. The van der Waals surface area contributed by atoms with Gasteiger partial charge in [0.1, 0.15) is 18.1 Å². The minimum Gasteiger partial charge on any atom is -0.370 e. The average molecular weight is 412 g/mol. The van der Waals surface area contributed by atoms with Gasteiger partial charge in [-0.05, 0) is 24.3 Å². The molecule has 2 aromatic rings. The summed E-state index contributed by atoms with van der Waals surface area (Å²) in [6.45, 7) is 5.32.